The van der Waals surface area contributed by atoms with Crippen molar-refractivity contribution in [2.24, 2.45) is 0 Å². The molecule has 1 unspecified atom stereocenters. The standard InChI is InChI=1S/C13H18N2O/c1-3-8-15-12(9-14)10-16-13-7-5-4-6-11(13)2/h4-7,12,15H,3,8,10H2,1-2H3. The van der Waals surface area contributed by atoms with Crippen LogP contribution >= 0.6 is 0 Å². The van der Waals surface area contributed by atoms with Crippen molar-refractivity contribution in [2.75, 3.05) is 13.2 Å². The van der Waals surface area contributed by atoms with Gasteiger partial charge in [-0.25, -0.2) is 0 Å². The SMILES string of the molecule is CCCNC(C#N)COc1ccccc1C. The first-order valence-corrected chi connectivity index (χ1v) is 5.59. The Morgan fingerprint density at radius 2 is 2.19 bits per heavy atom. The molecule has 0 aliphatic carbocycles. The van der Waals surface area contributed by atoms with Crippen molar-refractivity contribution in [3.63, 3.8) is 0 Å². The molecule has 0 aliphatic heterocycles. The van der Waals surface area contributed by atoms with Crippen LogP contribution in [0.2, 0.25) is 0 Å². The Bertz CT molecular complexity index is 357. The number of nitrogens with one attached hydrogen (secondary N) is 1. The van der Waals surface area contributed by atoms with E-state index in [4.69, 9.17) is 10.00 Å². The van der Waals surface area contributed by atoms with E-state index in [0.29, 0.717) is 6.61 Å². The monoisotopic (exact) mass is 218 g/mol. The second-order valence-electron chi connectivity index (χ2n) is 3.71. The molecule has 3 heteroatoms. The van der Waals surface area contributed by atoms with Crippen LogP contribution in [0.4, 0.5) is 0 Å². The average molecular weight is 218 g/mol. The summed E-state index contributed by atoms with van der Waals surface area (Å²) in [7, 11) is 0. The lowest BCUT2D eigenvalue weighted by Gasteiger charge is -2.13. The zero-order valence-corrected chi connectivity index (χ0v) is 9.86. The van der Waals surface area contributed by atoms with E-state index < -0.39 is 0 Å². The smallest absolute Gasteiger partial charge is 0.130 e. The molecule has 1 rings (SSSR count). The van der Waals surface area contributed by atoms with Gasteiger partial charge < -0.3 is 4.74 Å². The molecule has 16 heavy (non-hydrogen) atoms. The first kappa shape index (κ1) is 12.5. The number of rotatable bonds is 6. The predicted octanol–water partition coefficient (Wildman–Crippen LogP) is 2.27. The third-order valence-electron chi connectivity index (χ3n) is 2.30. The normalized spacial score (nSPS) is 11.8. The van der Waals surface area contributed by atoms with Gasteiger partial charge in [0.15, 0.2) is 0 Å². The lowest BCUT2D eigenvalue weighted by molar-refractivity contribution is 0.287. The third-order valence-corrected chi connectivity index (χ3v) is 2.30. The van der Waals surface area contributed by atoms with Crippen molar-refractivity contribution < 1.29 is 4.74 Å². The van der Waals surface area contributed by atoms with Gasteiger partial charge in [-0.05, 0) is 31.5 Å². The van der Waals surface area contributed by atoms with Gasteiger partial charge in [0.25, 0.3) is 0 Å². The van der Waals surface area contributed by atoms with Crippen LogP contribution in [0.25, 0.3) is 0 Å². The fraction of sp³-hybridized carbons (Fsp3) is 0.462. The summed E-state index contributed by atoms with van der Waals surface area (Å²) in [6.45, 7) is 5.30. The number of nitriles is 1. The highest BCUT2D eigenvalue weighted by molar-refractivity contribution is 5.31. The Morgan fingerprint density at radius 3 is 2.81 bits per heavy atom. The molecular weight excluding hydrogens is 200 g/mol. The van der Waals surface area contributed by atoms with Crippen molar-refractivity contribution >= 4 is 0 Å². The molecule has 1 aromatic rings. The molecule has 0 saturated carbocycles. The van der Waals surface area contributed by atoms with Crippen LogP contribution in [-0.4, -0.2) is 19.2 Å². The molecule has 0 aromatic heterocycles. The van der Waals surface area contributed by atoms with Gasteiger partial charge in [0.05, 0.1) is 6.07 Å². The van der Waals surface area contributed by atoms with E-state index in [1.54, 1.807) is 0 Å². The van der Waals surface area contributed by atoms with Crippen molar-refractivity contribution in [1.82, 2.24) is 5.32 Å². The van der Waals surface area contributed by atoms with E-state index in [1.165, 1.54) is 0 Å². The molecule has 3 nitrogen and oxygen atoms in total. The van der Waals surface area contributed by atoms with Gasteiger partial charge in [-0.1, -0.05) is 25.1 Å². The number of nitrogens with zero attached hydrogens (tertiary/aromatic N) is 1. The minimum absolute atomic E-state index is 0.237. The molecule has 0 aliphatic rings. The van der Waals surface area contributed by atoms with Crippen molar-refractivity contribution in [3.8, 4) is 11.8 Å². The molecule has 0 saturated heterocycles. The van der Waals surface area contributed by atoms with Crippen LogP contribution in [0.15, 0.2) is 24.3 Å². The number of hydrogen-bond donors (Lipinski definition) is 1. The maximum atomic E-state index is 8.91. The zero-order chi connectivity index (χ0) is 11.8. The van der Waals surface area contributed by atoms with Crippen molar-refractivity contribution in [3.05, 3.63) is 29.8 Å². The number of aryl methyl sites for hydroxylation is 1. The number of para-hydroxylation sites is 1. The molecule has 1 aromatic carbocycles. The van der Waals surface area contributed by atoms with E-state index in [0.717, 1.165) is 24.3 Å². The Balaban J connectivity index is 2.44. The fourth-order valence-corrected chi connectivity index (χ4v) is 1.35. The summed E-state index contributed by atoms with van der Waals surface area (Å²) in [5.41, 5.74) is 1.09. The Hall–Kier alpha value is -1.53. The molecule has 86 valence electrons. The summed E-state index contributed by atoms with van der Waals surface area (Å²) in [4.78, 5) is 0. The second kappa shape index (κ2) is 6.86. The average Bonchev–Trinajstić information content (AvgIpc) is 2.31. The van der Waals surface area contributed by atoms with Crippen LogP contribution in [-0.2, 0) is 0 Å². The fourth-order valence-electron chi connectivity index (χ4n) is 1.35. The molecule has 0 fully saturated rings. The van der Waals surface area contributed by atoms with Gasteiger partial charge in [0, 0.05) is 0 Å². The largest absolute Gasteiger partial charge is 0.491 e. The van der Waals surface area contributed by atoms with Crippen LogP contribution in [0.1, 0.15) is 18.9 Å². The highest BCUT2D eigenvalue weighted by Crippen LogP contribution is 2.16. The minimum atomic E-state index is -0.237. The number of hydrogen-bond acceptors (Lipinski definition) is 3. The molecule has 1 atom stereocenters. The molecule has 0 radical (unpaired) electrons. The molecule has 1 N–H and O–H groups in total. The summed E-state index contributed by atoms with van der Waals surface area (Å²) < 4.78 is 5.60. The lowest BCUT2D eigenvalue weighted by Crippen LogP contribution is -2.33. The van der Waals surface area contributed by atoms with Crippen molar-refractivity contribution in [2.45, 2.75) is 26.3 Å². The lowest BCUT2D eigenvalue weighted by atomic mass is 10.2. The number of ether oxygens (including phenoxy) is 1. The van der Waals surface area contributed by atoms with Crippen LogP contribution in [0.5, 0.6) is 5.75 Å². The molecule has 0 spiro atoms. The van der Waals surface area contributed by atoms with Gasteiger partial charge in [-0.3, -0.25) is 5.32 Å². The maximum Gasteiger partial charge on any atom is 0.130 e. The van der Waals surface area contributed by atoms with Crippen LogP contribution in [0, 0.1) is 18.3 Å². The van der Waals surface area contributed by atoms with Gasteiger partial charge in [0.2, 0.25) is 0 Å². The van der Waals surface area contributed by atoms with Crippen LogP contribution in [0.3, 0.4) is 0 Å². The molecule has 0 heterocycles. The molecular formula is C13H18N2O. The quantitative estimate of drug-likeness (QED) is 0.796. The molecule has 0 bridgehead atoms. The van der Waals surface area contributed by atoms with E-state index in [9.17, 15) is 0 Å². The predicted molar refractivity (Wildman–Crippen MR) is 64.4 cm³/mol. The van der Waals surface area contributed by atoms with Gasteiger partial charge in [-0.2, -0.15) is 5.26 Å². The van der Waals surface area contributed by atoms with Gasteiger partial charge in [0.1, 0.15) is 18.4 Å². The Kier molecular flexibility index (Phi) is 5.38. The first-order chi connectivity index (χ1) is 7.77. The third kappa shape index (κ3) is 3.92. The topological polar surface area (TPSA) is 45.0 Å². The minimum Gasteiger partial charge on any atom is -0.491 e. The highest BCUT2D eigenvalue weighted by atomic mass is 16.5. The van der Waals surface area contributed by atoms with Gasteiger partial charge in [-0.15, -0.1) is 0 Å². The van der Waals surface area contributed by atoms with E-state index in [1.807, 2.05) is 31.2 Å². The highest BCUT2D eigenvalue weighted by Gasteiger charge is 2.07. The van der Waals surface area contributed by atoms with E-state index in [-0.39, 0.29) is 6.04 Å². The Labute approximate surface area is 97.0 Å². The first-order valence-electron chi connectivity index (χ1n) is 5.59. The molecule has 0 amide bonds. The maximum absolute atomic E-state index is 8.91. The summed E-state index contributed by atoms with van der Waals surface area (Å²) in [6.07, 6.45) is 1.02. The van der Waals surface area contributed by atoms with Gasteiger partial charge >= 0.3 is 0 Å². The summed E-state index contributed by atoms with van der Waals surface area (Å²) in [6, 6.07) is 9.78. The van der Waals surface area contributed by atoms with Crippen LogP contribution < -0.4 is 10.1 Å². The Morgan fingerprint density at radius 1 is 1.44 bits per heavy atom. The van der Waals surface area contributed by atoms with E-state index >= 15 is 0 Å². The van der Waals surface area contributed by atoms with Crippen molar-refractivity contribution in [1.29, 1.82) is 5.26 Å². The number of benzene rings is 1. The zero-order valence-electron chi connectivity index (χ0n) is 9.86. The van der Waals surface area contributed by atoms with E-state index in [2.05, 4.69) is 18.3 Å². The summed E-state index contributed by atoms with van der Waals surface area (Å²) in [5, 5.41) is 12.0. The summed E-state index contributed by atoms with van der Waals surface area (Å²) >= 11 is 0. The second-order valence-corrected chi connectivity index (χ2v) is 3.71. The summed E-state index contributed by atoms with van der Waals surface area (Å²) in [5.74, 6) is 0.848.